The van der Waals surface area contributed by atoms with Crippen LogP contribution in [0.3, 0.4) is 0 Å². The first-order chi connectivity index (χ1) is 11.4. The molecule has 0 unspecified atom stereocenters. The van der Waals surface area contributed by atoms with Gasteiger partial charge in [-0.1, -0.05) is 43.5 Å². The van der Waals surface area contributed by atoms with Crippen molar-refractivity contribution in [2.45, 2.75) is 26.2 Å². The van der Waals surface area contributed by atoms with Crippen molar-refractivity contribution in [2.75, 3.05) is 20.3 Å². The minimum absolute atomic E-state index is 0.293. The number of esters is 1. The van der Waals surface area contributed by atoms with Gasteiger partial charge in [-0.2, -0.15) is 0 Å². The van der Waals surface area contributed by atoms with Crippen LogP contribution >= 0.6 is 0 Å². The second kappa shape index (κ2) is 13.1. The highest BCUT2D eigenvalue weighted by Gasteiger charge is 2.03. The van der Waals surface area contributed by atoms with Crippen molar-refractivity contribution in [1.29, 1.82) is 0 Å². The molecular formula is C19H26O5. The van der Waals surface area contributed by atoms with E-state index in [1.807, 2.05) is 30.3 Å². The van der Waals surface area contributed by atoms with Crippen LogP contribution in [0, 0.1) is 0 Å². The Morgan fingerprint density at radius 1 is 1.12 bits per heavy atom. The number of hydrogen-bond donors (Lipinski definition) is 1. The molecule has 0 heterocycles. The van der Waals surface area contributed by atoms with Gasteiger partial charge in [-0.15, -0.1) is 0 Å². The highest BCUT2D eigenvalue weighted by molar-refractivity contribution is 5.86. The molecule has 0 saturated carbocycles. The molecule has 132 valence electrons. The van der Waals surface area contributed by atoms with E-state index in [0.29, 0.717) is 30.8 Å². The van der Waals surface area contributed by atoms with E-state index >= 15 is 0 Å². The van der Waals surface area contributed by atoms with Gasteiger partial charge in [0.2, 0.25) is 0 Å². The Kier molecular flexibility index (Phi) is 11.8. The van der Waals surface area contributed by atoms with Gasteiger partial charge in [-0.25, -0.2) is 9.59 Å². The van der Waals surface area contributed by atoms with Crippen LogP contribution in [0.25, 0.3) is 0 Å². The molecule has 0 amide bonds. The third-order valence-electron chi connectivity index (χ3n) is 2.96. The molecule has 0 aliphatic carbocycles. The summed E-state index contributed by atoms with van der Waals surface area (Å²) in [7, 11) is 1.55. The van der Waals surface area contributed by atoms with E-state index < -0.39 is 5.97 Å². The van der Waals surface area contributed by atoms with Crippen LogP contribution in [0.1, 0.15) is 25.3 Å². The van der Waals surface area contributed by atoms with Crippen LogP contribution < -0.4 is 0 Å². The maximum absolute atomic E-state index is 10.6. The third-order valence-corrected chi connectivity index (χ3v) is 2.96. The van der Waals surface area contributed by atoms with Crippen LogP contribution in [0.15, 0.2) is 54.6 Å². The molecule has 0 fully saturated rings. The number of benzene rings is 1. The molecule has 0 bridgehead atoms. The van der Waals surface area contributed by atoms with Gasteiger partial charge < -0.3 is 14.6 Å². The quantitative estimate of drug-likeness (QED) is 0.426. The number of hydrogen-bond acceptors (Lipinski definition) is 4. The average molecular weight is 334 g/mol. The van der Waals surface area contributed by atoms with Crippen LogP contribution in [-0.2, 0) is 25.5 Å². The zero-order valence-corrected chi connectivity index (χ0v) is 14.4. The topological polar surface area (TPSA) is 72.8 Å². The number of methoxy groups -OCH3 is 1. The molecule has 5 heteroatoms. The van der Waals surface area contributed by atoms with Gasteiger partial charge in [-0.3, -0.25) is 0 Å². The highest BCUT2D eigenvalue weighted by Crippen LogP contribution is 2.08. The lowest BCUT2D eigenvalue weighted by Gasteiger charge is -2.01. The predicted octanol–water partition coefficient (Wildman–Crippen LogP) is 3.40. The number of carbonyl (C=O) groups excluding carboxylic acids is 1. The normalized spacial score (nSPS) is 9.42. The van der Waals surface area contributed by atoms with Gasteiger partial charge in [0.1, 0.15) is 6.61 Å². The minimum atomic E-state index is -0.891. The largest absolute Gasteiger partial charge is 0.478 e. The number of aliphatic carboxylic acids is 1. The molecule has 1 aromatic rings. The van der Waals surface area contributed by atoms with Gasteiger partial charge in [0, 0.05) is 18.3 Å². The first-order valence-electron chi connectivity index (χ1n) is 7.65. The Morgan fingerprint density at radius 3 is 2.25 bits per heavy atom. The van der Waals surface area contributed by atoms with Crippen molar-refractivity contribution in [3.05, 3.63) is 60.2 Å². The van der Waals surface area contributed by atoms with E-state index in [1.54, 1.807) is 14.0 Å². The second-order valence-corrected chi connectivity index (χ2v) is 5.16. The average Bonchev–Trinajstić information content (AvgIpc) is 2.56. The molecule has 24 heavy (non-hydrogen) atoms. The monoisotopic (exact) mass is 334 g/mol. The number of carboxylic acid groups (broad SMARTS) is 1. The van der Waals surface area contributed by atoms with Crippen molar-refractivity contribution in [1.82, 2.24) is 0 Å². The lowest BCUT2D eigenvalue weighted by molar-refractivity contribution is -0.140. The van der Waals surface area contributed by atoms with Gasteiger partial charge in [0.25, 0.3) is 0 Å². The van der Waals surface area contributed by atoms with E-state index in [0.717, 1.165) is 12.8 Å². The Labute approximate surface area is 143 Å². The summed E-state index contributed by atoms with van der Waals surface area (Å²) in [5.41, 5.74) is 1.95. The summed E-state index contributed by atoms with van der Waals surface area (Å²) in [5.74, 6) is -1.25. The van der Waals surface area contributed by atoms with E-state index in [9.17, 15) is 9.59 Å². The molecule has 0 aromatic heterocycles. The molecule has 0 aliphatic heterocycles. The summed E-state index contributed by atoms with van der Waals surface area (Å²) < 4.78 is 9.35. The van der Waals surface area contributed by atoms with Crippen molar-refractivity contribution >= 4 is 11.9 Å². The maximum atomic E-state index is 10.6. The molecule has 0 aliphatic rings. The predicted molar refractivity (Wildman–Crippen MR) is 93.8 cm³/mol. The lowest BCUT2D eigenvalue weighted by atomic mass is 10.1. The van der Waals surface area contributed by atoms with Crippen LogP contribution in [-0.4, -0.2) is 37.4 Å². The number of carboxylic acids is 1. The van der Waals surface area contributed by atoms with Crippen LogP contribution in [0.5, 0.6) is 0 Å². The number of ether oxygens (including phenoxy) is 2. The smallest absolute Gasteiger partial charge is 0.333 e. The molecule has 1 aromatic carbocycles. The fourth-order valence-corrected chi connectivity index (χ4v) is 1.60. The molecule has 5 nitrogen and oxygen atoms in total. The highest BCUT2D eigenvalue weighted by atomic mass is 16.6. The van der Waals surface area contributed by atoms with Crippen molar-refractivity contribution < 1.29 is 24.2 Å². The first kappa shape index (κ1) is 21.6. The molecule has 0 saturated heterocycles. The van der Waals surface area contributed by atoms with Crippen molar-refractivity contribution in [2.24, 2.45) is 0 Å². The number of rotatable bonds is 9. The van der Waals surface area contributed by atoms with Gasteiger partial charge in [0.15, 0.2) is 0 Å². The van der Waals surface area contributed by atoms with Gasteiger partial charge >= 0.3 is 11.9 Å². The Morgan fingerprint density at radius 2 is 1.75 bits per heavy atom. The molecule has 1 N–H and O–H groups in total. The Hall–Kier alpha value is -2.40. The van der Waals surface area contributed by atoms with E-state index in [2.05, 4.69) is 22.6 Å². The van der Waals surface area contributed by atoms with Crippen LogP contribution in [0.4, 0.5) is 0 Å². The summed E-state index contributed by atoms with van der Waals surface area (Å²) in [5, 5.41) is 8.58. The van der Waals surface area contributed by atoms with Crippen molar-refractivity contribution in [3.63, 3.8) is 0 Å². The first-order valence-corrected chi connectivity index (χ1v) is 7.65. The number of carbonyl (C=O) groups is 2. The molecular weight excluding hydrogens is 308 g/mol. The zero-order chi connectivity index (χ0) is 18.4. The SMILES string of the molecule is C=C(C)C(=O)OCCOC.C=C(CCCc1ccccc1)C(=O)O. The fraction of sp³-hybridized carbons (Fsp3) is 0.368. The zero-order valence-electron chi connectivity index (χ0n) is 14.4. The van der Waals surface area contributed by atoms with Gasteiger partial charge in [0.05, 0.1) is 6.61 Å². The summed E-state index contributed by atoms with van der Waals surface area (Å²) in [6.07, 6.45) is 2.31. The Bertz CT molecular complexity index is 534. The van der Waals surface area contributed by atoms with Gasteiger partial charge in [-0.05, 0) is 31.7 Å². The third kappa shape index (κ3) is 11.2. The van der Waals surface area contributed by atoms with Crippen molar-refractivity contribution in [3.8, 4) is 0 Å². The summed E-state index contributed by atoms with van der Waals surface area (Å²) in [4.78, 5) is 21.1. The maximum Gasteiger partial charge on any atom is 0.333 e. The van der Waals surface area contributed by atoms with E-state index in [1.165, 1.54) is 5.56 Å². The molecule has 0 radical (unpaired) electrons. The van der Waals surface area contributed by atoms with E-state index in [4.69, 9.17) is 5.11 Å². The second-order valence-electron chi connectivity index (χ2n) is 5.16. The summed E-state index contributed by atoms with van der Waals surface area (Å²) >= 11 is 0. The standard InChI is InChI=1S/C12H14O2.C7H12O3/c1-10(12(13)14)6-5-9-11-7-3-2-4-8-11;1-6(2)7(8)10-5-4-9-3/h2-4,7-8H,1,5-6,9H2,(H,13,14);1,4-5H2,2-3H3. The molecule has 0 spiro atoms. The summed E-state index contributed by atoms with van der Waals surface area (Å²) in [6.45, 7) is 9.23. The van der Waals surface area contributed by atoms with Crippen LogP contribution in [0.2, 0.25) is 0 Å². The number of aryl methyl sites for hydroxylation is 1. The Balaban J connectivity index is 0.000000470. The van der Waals surface area contributed by atoms with E-state index in [-0.39, 0.29) is 5.97 Å². The lowest BCUT2D eigenvalue weighted by Crippen LogP contribution is -2.09. The summed E-state index contributed by atoms with van der Waals surface area (Å²) in [6, 6.07) is 10.0. The molecule has 0 atom stereocenters. The fourth-order valence-electron chi connectivity index (χ4n) is 1.60. The minimum Gasteiger partial charge on any atom is -0.478 e. The molecule has 1 rings (SSSR count).